The van der Waals surface area contributed by atoms with E-state index in [1.165, 1.54) is 60.5 Å². The third kappa shape index (κ3) is 5.95. The first-order chi connectivity index (χ1) is 14.5. The lowest BCUT2D eigenvalue weighted by atomic mass is 10.3. The predicted octanol–water partition coefficient (Wildman–Crippen LogP) is 3.16. The number of anilines is 2. The van der Waals surface area contributed by atoms with E-state index >= 15 is 0 Å². The number of rotatable bonds is 8. The van der Waals surface area contributed by atoms with Crippen molar-refractivity contribution in [3.8, 4) is 0 Å². The first-order valence-corrected chi connectivity index (χ1v) is 12.3. The Labute approximate surface area is 182 Å². The molecule has 3 aromatic rings. The van der Waals surface area contributed by atoms with Crippen LogP contribution in [0.2, 0.25) is 0 Å². The van der Waals surface area contributed by atoms with Crippen LogP contribution < -0.4 is 14.6 Å². The number of primary sulfonamides is 1. The van der Waals surface area contributed by atoms with Crippen molar-refractivity contribution in [1.29, 1.82) is 0 Å². The minimum absolute atomic E-state index is 0.00825. The highest BCUT2D eigenvalue weighted by atomic mass is 32.2. The predicted molar refractivity (Wildman–Crippen MR) is 118 cm³/mol. The van der Waals surface area contributed by atoms with Gasteiger partial charge in [-0.15, -0.1) is 0 Å². The number of sulfonamides is 2. The van der Waals surface area contributed by atoms with Gasteiger partial charge in [0.15, 0.2) is 0 Å². The smallest absolute Gasteiger partial charge is 0.269 e. The molecule has 0 unspecified atom stereocenters. The summed E-state index contributed by atoms with van der Waals surface area (Å²) in [4.78, 5) is 10.8. The molecule has 0 aliphatic rings. The summed E-state index contributed by atoms with van der Waals surface area (Å²) in [5, 5.41) is 15.7. The van der Waals surface area contributed by atoms with Gasteiger partial charge in [-0.25, -0.2) is 22.0 Å². The number of hydrogen-bond donors (Lipinski definition) is 3. The molecule has 0 fully saturated rings. The highest BCUT2D eigenvalue weighted by molar-refractivity contribution is 8.00. The van der Waals surface area contributed by atoms with Crippen LogP contribution in [0.1, 0.15) is 0 Å². The fraction of sp³-hybridized carbons (Fsp3) is 0. The van der Waals surface area contributed by atoms with Gasteiger partial charge in [-0.3, -0.25) is 14.8 Å². The summed E-state index contributed by atoms with van der Waals surface area (Å²) in [6, 6.07) is 16.9. The second kappa shape index (κ2) is 8.93. The lowest BCUT2D eigenvalue weighted by Gasteiger charge is -2.10. The van der Waals surface area contributed by atoms with E-state index < -0.39 is 25.0 Å². The normalized spacial score (nSPS) is 11.6. The van der Waals surface area contributed by atoms with E-state index in [1.54, 1.807) is 24.3 Å². The molecule has 0 aliphatic carbocycles. The van der Waals surface area contributed by atoms with Crippen molar-refractivity contribution in [3.05, 3.63) is 82.9 Å². The zero-order valence-electron chi connectivity index (χ0n) is 15.6. The molecule has 0 atom stereocenters. The van der Waals surface area contributed by atoms with Gasteiger partial charge in [0.2, 0.25) is 10.0 Å². The molecular weight excluding hydrogens is 464 g/mol. The van der Waals surface area contributed by atoms with E-state index in [-0.39, 0.29) is 21.2 Å². The maximum absolute atomic E-state index is 12.5. The minimum Gasteiger partial charge on any atom is -0.326 e. The van der Waals surface area contributed by atoms with Crippen LogP contribution in [-0.2, 0) is 20.0 Å². The molecule has 10 nitrogen and oxygen atoms in total. The molecule has 162 valence electrons. The van der Waals surface area contributed by atoms with Gasteiger partial charge in [-0.1, -0.05) is 0 Å². The van der Waals surface area contributed by atoms with Gasteiger partial charge in [-0.2, -0.15) is 0 Å². The van der Waals surface area contributed by atoms with Crippen molar-refractivity contribution in [3.63, 3.8) is 0 Å². The molecule has 0 radical (unpaired) electrons. The second-order valence-corrected chi connectivity index (χ2v) is 10.3. The SMILES string of the molecule is NS(=O)(=O)c1ccc(NS(=O)(=O)c2ccc(NSc3ccc([N+](=O)[O-])cc3)cc2)cc1. The summed E-state index contributed by atoms with van der Waals surface area (Å²) in [5.74, 6) is 0. The molecule has 3 aromatic carbocycles. The van der Waals surface area contributed by atoms with Gasteiger partial charge in [-0.05, 0) is 72.6 Å². The number of nitrogens with one attached hydrogen (secondary N) is 2. The molecule has 0 aromatic heterocycles. The number of nitro groups is 1. The number of non-ortho nitro benzene ring substituents is 1. The van der Waals surface area contributed by atoms with E-state index in [0.717, 1.165) is 4.90 Å². The fourth-order valence-electron chi connectivity index (χ4n) is 2.38. The van der Waals surface area contributed by atoms with Crippen molar-refractivity contribution in [2.24, 2.45) is 5.14 Å². The van der Waals surface area contributed by atoms with Crippen LogP contribution in [0, 0.1) is 10.1 Å². The molecule has 0 spiro atoms. The van der Waals surface area contributed by atoms with E-state index in [1.807, 2.05) is 0 Å². The van der Waals surface area contributed by atoms with E-state index in [9.17, 15) is 26.9 Å². The highest BCUT2D eigenvalue weighted by Gasteiger charge is 2.15. The Bertz CT molecular complexity index is 1290. The fourth-order valence-corrected chi connectivity index (χ4v) is 4.60. The Balaban J connectivity index is 1.64. The summed E-state index contributed by atoms with van der Waals surface area (Å²) in [7, 11) is -7.76. The standard InChI is InChI=1S/C18H16N4O6S3/c19-30(25,26)17-9-3-14(4-10-17)21-31(27,28)18-11-1-13(2-12-18)20-29-16-7-5-15(6-8-16)22(23)24/h1-12,20-21H,(H2,19,25,26). The molecular formula is C18H16N4O6S3. The maximum Gasteiger partial charge on any atom is 0.269 e. The first kappa shape index (κ1) is 22.6. The van der Waals surface area contributed by atoms with Crippen LogP contribution in [0.4, 0.5) is 17.1 Å². The largest absolute Gasteiger partial charge is 0.326 e. The van der Waals surface area contributed by atoms with E-state index in [2.05, 4.69) is 9.44 Å². The van der Waals surface area contributed by atoms with Gasteiger partial charge in [0.1, 0.15) is 0 Å². The zero-order valence-corrected chi connectivity index (χ0v) is 18.1. The molecule has 0 saturated heterocycles. The van der Waals surface area contributed by atoms with Crippen molar-refractivity contribution in [1.82, 2.24) is 0 Å². The average molecular weight is 481 g/mol. The number of nitrogens with two attached hydrogens (primary N) is 1. The van der Waals surface area contributed by atoms with Gasteiger partial charge in [0, 0.05) is 28.4 Å². The molecule has 0 heterocycles. The number of benzene rings is 3. The molecule has 3 rings (SSSR count). The van der Waals surface area contributed by atoms with Crippen LogP contribution >= 0.6 is 11.9 Å². The van der Waals surface area contributed by atoms with Crippen LogP contribution in [0.25, 0.3) is 0 Å². The van der Waals surface area contributed by atoms with Crippen molar-refractivity contribution >= 4 is 49.1 Å². The minimum atomic E-state index is -3.89. The number of hydrogen-bond acceptors (Lipinski definition) is 8. The van der Waals surface area contributed by atoms with Crippen LogP contribution in [-0.4, -0.2) is 21.8 Å². The Hall–Kier alpha value is -3.13. The highest BCUT2D eigenvalue weighted by Crippen LogP contribution is 2.25. The van der Waals surface area contributed by atoms with E-state index in [0.29, 0.717) is 5.69 Å². The molecule has 0 bridgehead atoms. The number of nitrogens with zero attached hydrogens (tertiary/aromatic N) is 1. The third-order valence-corrected chi connectivity index (χ3v) is 7.11. The lowest BCUT2D eigenvalue weighted by Crippen LogP contribution is -2.14. The van der Waals surface area contributed by atoms with Crippen molar-refractivity contribution in [2.75, 3.05) is 9.44 Å². The molecule has 13 heteroatoms. The van der Waals surface area contributed by atoms with Crippen LogP contribution in [0.15, 0.2) is 87.5 Å². The third-order valence-electron chi connectivity index (χ3n) is 3.93. The summed E-state index contributed by atoms with van der Waals surface area (Å²) < 4.78 is 53.0. The summed E-state index contributed by atoms with van der Waals surface area (Å²) in [6.45, 7) is 0. The monoisotopic (exact) mass is 480 g/mol. The van der Waals surface area contributed by atoms with Gasteiger partial charge in [0.05, 0.1) is 14.7 Å². The van der Waals surface area contributed by atoms with Crippen LogP contribution in [0.3, 0.4) is 0 Å². The average Bonchev–Trinajstić information content (AvgIpc) is 2.72. The first-order valence-electron chi connectivity index (χ1n) is 8.48. The second-order valence-electron chi connectivity index (χ2n) is 6.15. The molecule has 4 N–H and O–H groups in total. The lowest BCUT2D eigenvalue weighted by molar-refractivity contribution is -0.384. The Morgan fingerprint density at radius 1 is 0.774 bits per heavy atom. The topological polar surface area (TPSA) is 162 Å². The summed E-state index contributed by atoms with van der Waals surface area (Å²) in [5.41, 5.74) is 0.800. The van der Waals surface area contributed by atoms with Crippen molar-refractivity contribution < 1.29 is 21.8 Å². The molecule has 0 amide bonds. The Morgan fingerprint density at radius 2 is 1.29 bits per heavy atom. The van der Waals surface area contributed by atoms with Gasteiger partial charge < -0.3 is 4.72 Å². The number of nitro benzene ring substituents is 1. The molecule has 0 aliphatic heterocycles. The quantitative estimate of drug-likeness (QED) is 0.252. The zero-order chi connectivity index (χ0) is 22.6. The van der Waals surface area contributed by atoms with Crippen LogP contribution in [0.5, 0.6) is 0 Å². The molecule has 0 saturated carbocycles. The maximum atomic E-state index is 12.5. The summed E-state index contributed by atoms with van der Waals surface area (Å²) in [6.07, 6.45) is 0. The van der Waals surface area contributed by atoms with Crippen molar-refractivity contribution in [2.45, 2.75) is 14.7 Å². The Morgan fingerprint density at radius 3 is 1.81 bits per heavy atom. The van der Waals surface area contributed by atoms with Gasteiger partial charge in [0.25, 0.3) is 15.7 Å². The Kier molecular flexibility index (Phi) is 6.50. The van der Waals surface area contributed by atoms with Gasteiger partial charge >= 0.3 is 0 Å². The summed E-state index contributed by atoms with van der Waals surface area (Å²) >= 11 is 1.22. The molecule has 31 heavy (non-hydrogen) atoms. The van der Waals surface area contributed by atoms with E-state index in [4.69, 9.17) is 5.14 Å².